The average molecular weight is 387 g/mol. The molecule has 2 saturated heterocycles. The third-order valence-electron chi connectivity index (χ3n) is 5.96. The molecule has 5 rings (SSSR count). The van der Waals surface area contributed by atoms with E-state index in [1.165, 1.54) is 12.4 Å². The van der Waals surface area contributed by atoms with Crippen LogP contribution in [0.1, 0.15) is 12.8 Å². The maximum absolute atomic E-state index is 13.4. The molecule has 0 aliphatic carbocycles. The fraction of sp³-hybridized carbons (Fsp3) is 0.273. The van der Waals surface area contributed by atoms with E-state index < -0.39 is 0 Å². The van der Waals surface area contributed by atoms with E-state index in [0.29, 0.717) is 29.0 Å². The van der Waals surface area contributed by atoms with E-state index in [4.69, 9.17) is 0 Å². The first-order valence-electron chi connectivity index (χ1n) is 9.74. The molecule has 0 radical (unpaired) electrons. The van der Waals surface area contributed by atoms with E-state index >= 15 is 0 Å². The number of aromatic amines is 1. The Labute approximate surface area is 167 Å². The molecule has 4 heterocycles. The Morgan fingerprint density at radius 3 is 2.83 bits per heavy atom. The SMILES string of the molecule is C=CC(=O)N1CCCC2(C1)CN2c1ncnc2[nH]cc(-c3ccccc3)c(=O)c12. The standard InChI is InChI=1S/C22H21N5O2/c1-2-17(28)26-10-6-9-22(12-26)13-27(22)21-18-19(29)16(15-7-4-3-5-8-15)11-23-20(18)24-14-25-21/h2-5,7-8,11,14H,1,6,9-10,12-13H2,(H,23,24,25,29). The Balaban J connectivity index is 1.57. The fourth-order valence-corrected chi connectivity index (χ4v) is 4.41. The van der Waals surface area contributed by atoms with E-state index in [0.717, 1.165) is 31.5 Å². The summed E-state index contributed by atoms with van der Waals surface area (Å²) in [4.78, 5) is 41.3. The van der Waals surface area contributed by atoms with Gasteiger partial charge in [0.05, 0.1) is 5.54 Å². The number of anilines is 1. The Bertz CT molecular complexity index is 1170. The molecule has 146 valence electrons. The third kappa shape index (κ3) is 2.81. The lowest BCUT2D eigenvalue weighted by Gasteiger charge is -2.32. The molecule has 1 amide bonds. The first-order chi connectivity index (χ1) is 14.1. The lowest BCUT2D eigenvalue weighted by molar-refractivity contribution is -0.127. The van der Waals surface area contributed by atoms with Gasteiger partial charge in [0.1, 0.15) is 23.2 Å². The number of likely N-dealkylation sites (tertiary alicyclic amines) is 1. The van der Waals surface area contributed by atoms with Crippen molar-refractivity contribution in [2.45, 2.75) is 18.4 Å². The highest BCUT2D eigenvalue weighted by molar-refractivity contribution is 5.92. The molecule has 2 aliphatic rings. The number of hydrogen-bond donors (Lipinski definition) is 1. The molecule has 0 bridgehead atoms. The van der Waals surface area contributed by atoms with Gasteiger partial charge in [0.15, 0.2) is 0 Å². The van der Waals surface area contributed by atoms with Gasteiger partial charge >= 0.3 is 0 Å². The minimum Gasteiger partial charge on any atom is -0.345 e. The molecule has 1 unspecified atom stereocenters. The molecule has 29 heavy (non-hydrogen) atoms. The van der Waals surface area contributed by atoms with Crippen molar-refractivity contribution in [3.8, 4) is 11.1 Å². The van der Waals surface area contributed by atoms with Crippen LogP contribution in [0.3, 0.4) is 0 Å². The monoisotopic (exact) mass is 387 g/mol. The van der Waals surface area contributed by atoms with Gasteiger partial charge in [-0.05, 0) is 24.5 Å². The van der Waals surface area contributed by atoms with E-state index in [-0.39, 0.29) is 16.9 Å². The summed E-state index contributed by atoms with van der Waals surface area (Å²) in [6, 6.07) is 9.58. The zero-order chi connectivity index (χ0) is 20.0. The van der Waals surface area contributed by atoms with Crippen molar-refractivity contribution < 1.29 is 4.79 Å². The van der Waals surface area contributed by atoms with Crippen LogP contribution in [0.25, 0.3) is 22.2 Å². The average Bonchev–Trinajstić information content (AvgIpc) is 3.45. The molecule has 3 aromatic rings. The number of pyridine rings is 1. The van der Waals surface area contributed by atoms with Crippen molar-refractivity contribution in [3.63, 3.8) is 0 Å². The van der Waals surface area contributed by atoms with Crippen molar-refractivity contribution >= 4 is 22.8 Å². The van der Waals surface area contributed by atoms with Gasteiger partial charge in [-0.1, -0.05) is 36.9 Å². The van der Waals surface area contributed by atoms with Gasteiger partial charge < -0.3 is 14.8 Å². The number of H-pyrrole nitrogens is 1. The summed E-state index contributed by atoms with van der Waals surface area (Å²) in [5.74, 6) is 0.592. The zero-order valence-electron chi connectivity index (χ0n) is 16.0. The van der Waals surface area contributed by atoms with Crippen LogP contribution in [-0.4, -0.2) is 50.9 Å². The predicted molar refractivity (Wildman–Crippen MR) is 112 cm³/mol. The highest BCUT2D eigenvalue weighted by Crippen LogP contribution is 2.44. The van der Waals surface area contributed by atoms with E-state index in [1.54, 1.807) is 6.20 Å². The van der Waals surface area contributed by atoms with E-state index in [2.05, 4.69) is 26.4 Å². The largest absolute Gasteiger partial charge is 0.345 e. The first-order valence-corrected chi connectivity index (χ1v) is 9.74. The molecule has 1 aromatic carbocycles. The summed E-state index contributed by atoms with van der Waals surface area (Å²) >= 11 is 0. The molecule has 7 heteroatoms. The van der Waals surface area contributed by atoms with Crippen molar-refractivity contribution in [3.05, 3.63) is 65.7 Å². The van der Waals surface area contributed by atoms with Gasteiger partial charge in [-0.2, -0.15) is 0 Å². The van der Waals surface area contributed by atoms with Crippen LogP contribution in [-0.2, 0) is 4.79 Å². The minimum absolute atomic E-state index is 0.0484. The van der Waals surface area contributed by atoms with E-state index in [1.807, 2.05) is 35.2 Å². The molecule has 1 atom stereocenters. The van der Waals surface area contributed by atoms with Crippen LogP contribution in [0.5, 0.6) is 0 Å². The molecular weight excluding hydrogens is 366 g/mol. The molecule has 1 spiro atoms. The highest BCUT2D eigenvalue weighted by Gasteiger charge is 2.55. The maximum atomic E-state index is 13.4. The number of rotatable bonds is 3. The summed E-state index contributed by atoms with van der Waals surface area (Å²) in [6.45, 7) is 5.74. The van der Waals surface area contributed by atoms with Crippen LogP contribution < -0.4 is 10.3 Å². The first kappa shape index (κ1) is 17.6. The van der Waals surface area contributed by atoms with Crippen molar-refractivity contribution in [2.24, 2.45) is 0 Å². The van der Waals surface area contributed by atoms with Crippen molar-refractivity contribution in [1.82, 2.24) is 19.9 Å². The van der Waals surface area contributed by atoms with Crippen LogP contribution in [0.15, 0.2) is 60.3 Å². The van der Waals surface area contributed by atoms with Crippen molar-refractivity contribution in [1.29, 1.82) is 0 Å². The Morgan fingerprint density at radius 1 is 1.21 bits per heavy atom. The molecule has 2 fully saturated rings. The molecule has 7 nitrogen and oxygen atoms in total. The Hall–Kier alpha value is -3.48. The van der Waals surface area contributed by atoms with Gasteiger partial charge in [0.2, 0.25) is 11.3 Å². The van der Waals surface area contributed by atoms with Crippen LogP contribution in [0.2, 0.25) is 0 Å². The summed E-state index contributed by atoms with van der Waals surface area (Å²) < 4.78 is 0. The van der Waals surface area contributed by atoms with Crippen LogP contribution in [0.4, 0.5) is 5.82 Å². The molecule has 2 aliphatic heterocycles. The second-order valence-electron chi connectivity index (χ2n) is 7.70. The number of fused-ring (bicyclic) bond motifs is 1. The van der Waals surface area contributed by atoms with Gasteiger partial charge in [-0.25, -0.2) is 9.97 Å². The molecule has 2 aromatic heterocycles. The second-order valence-corrected chi connectivity index (χ2v) is 7.70. The highest BCUT2D eigenvalue weighted by atomic mass is 16.2. The lowest BCUT2D eigenvalue weighted by Crippen LogP contribution is -2.45. The van der Waals surface area contributed by atoms with Gasteiger partial charge in [-0.15, -0.1) is 0 Å². The number of hydrogen-bond acceptors (Lipinski definition) is 5. The normalized spacial score (nSPS) is 20.8. The Morgan fingerprint density at radius 2 is 2.03 bits per heavy atom. The Kier molecular flexibility index (Phi) is 3.97. The van der Waals surface area contributed by atoms with Crippen LogP contribution in [0, 0.1) is 0 Å². The summed E-state index contributed by atoms with van der Waals surface area (Å²) in [7, 11) is 0. The number of carbonyl (C=O) groups excluding carboxylic acids is 1. The second kappa shape index (κ2) is 6.55. The van der Waals surface area contributed by atoms with Crippen molar-refractivity contribution in [2.75, 3.05) is 24.5 Å². The number of amides is 1. The number of carbonyl (C=O) groups is 1. The van der Waals surface area contributed by atoms with Gasteiger partial charge in [0.25, 0.3) is 0 Å². The molecule has 0 saturated carbocycles. The lowest BCUT2D eigenvalue weighted by atomic mass is 9.97. The topological polar surface area (TPSA) is 82.0 Å². The third-order valence-corrected chi connectivity index (χ3v) is 5.96. The number of nitrogens with zero attached hydrogens (tertiary/aromatic N) is 4. The predicted octanol–water partition coefficient (Wildman–Crippen LogP) is 2.35. The van der Waals surface area contributed by atoms with Gasteiger partial charge in [0, 0.05) is 31.4 Å². The zero-order valence-corrected chi connectivity index (χ0v) is 16.0. The summed E-state index contributed by atoms with van der Waals surface area (Å²) in [5.41, 5.74) is 1.73. The smallest absolute Gasteiger partial charge is 0.246 e. The summed E-state index contributed by atoms with van der Waals surface area (Å²) in [5, 5.41) is 0.498. The quantitative estimate of drug-likeness (QED) is 0.551. The number of piperidine rings is 1. The molecule has 1 N–H and O–H groups in total. The van der Waals surface area contributed by atoms with Crippen LogP contribution >= 0.6 is 0 Å². The minimum atomic E-state index is -0.159. The number of aromatic nitrogens is 3. The van der Waals surface area contributed by atoms with E-state index in [9.17, 15) is 9.59 Å². The summed E-state index contributed by atoms with van der Waals surface area (Å²) in [6.07, 6.45) is 6.44. The number of benzene rings is 1. The number of nitrogens with one attached hydrogen (secondary N) is 1. The maximum Gasteiger partial charge on any atom is 0.246 e. The van der Waals surface area contributed by atoms with Gasteiger partial charge in [-0.3, -0.25) is 9.59 Å². The molecular formula is C22H21N5O2. The fourth-order valence-electron chi connectivity index (χ4n) is 4.41.